The van der Waals surface area contributed by atoms with Gasteiger partial charge in [-0.3, -0.25) is 4.99 Å². The molecular weight excluding hydrogens is 400 g/mol. The number of rotatable bonds is 3. The van der Waals surface area contributed by atoms with E-state index in [-0.39, 0.29) is 23.6 Å². The van der Waals surface area contributed by atoms with E-state index >= 15 is 0 Å². The molecular formula is C20H21ClN2O2S2. The average Bonchev–Trinajstić information content (AvgIpc) is 3.07. The third-order valence-corrected chi connectivity index (χ3v) is 8.13. The summed E-state index contributed by atoms with van der Waals surface area (Å²) in [7, 11) is -3.05. The Balaban J connectivity index is 1.68. The Bertz CT molecular complexity index is 1020. The number of benzene rings is 2. The predicted molar refractivity (Wildman–Crippen MR) is 115 cm³/mol. The second kappa shape index (κ2) is 7.15. The minimum absolute atomic E-state index is 0.121. The van der Waals surface area contributed by atoms with E-state index in [2.05, 4.69) is 36.9 Å². The predicted octanol–water partition coefficient (Wildman–Crippen LogP) is 4.23. The van der Waals surface area contributed by atoms with Gasteiger partial charge >= 0.3 is 0 Å². The second-order valence-corrected chi connectivity index (χ2v) is 10.7. The van der Waals surface area contributed by atoms with E-state index in [9.17, 15) is 8.42 Å². The lowest BCUT2D eigenvalue weighted by molar-refractivity contribution is 0.601. The fraction of sp³-hybridized carbons (Fsp3) is 0.350. The van der Waals surface area contributed by atoms with Crippen molar-refractivity contribution >= 4 is 44.1 Å². The van der Waals surface area contributed by atoms with Crippen molar-refractivity contribution in [1.29, 1.82) is 0 Å². The summed E-state index contributed by atoms with van der Waals surface area (Å²) >= 11 is 7.92. The zero-order valence-corrected chi connectivity index (χ0v) is 17.6. The van der Waals surface area contributed by atoms with E-state index in [4.69, 9.17) is 16.6 Å². The first-order valence-electron chi connectivity index (χ1n) is 8.85. The van der Waals surface area contributed by atoms with Gasteiger partial charge in [-0.05, 0) is 42.7 Å². The number of hydrogen-bond acceptors (Lipinski definition) is 5. The van der Waals surface area contributed by atoms with Gasteiger partial charge in [0.05, 0.1) is 23.6 Å². The quantitative estimate of drug-likeness (QED) is 0.745. The molecule has 4 rings (SSSR count). The normalized spacial score (nSPS) is 23.4. The van der Waals surface area contributed by atoms with Crippen molar-refractivity contribution in [3.05, 3.63) is 64.2 Å². The molecule has 2 heterocycles. The molecule has 0 aromatic heterocycles. The van der Waals surface area contributed by atoms with Crippen LogP contribution in [0.15, 0.2) is 47.5 Å². The molecule has 0 radical (unpaired) electrons. The lowest BCUT2D eigenvalue weighted by Gasteiger charge is -2.28. The van der Waals surface area contributed by atoms with Gasteiger partial charge in [-0.15, -0.1) is 0 Å². The lowest BCUT2D eigenvalue weighted by atomic mass is 10.1. The van der Waals surface area contributed by atoms with Gasteiger partial charge < -0.3 is 4.90 Å². The lowest BCUT2D eigenvalue weighted by Crippen LogP contribution is -2.39. The molecule has 0 bridgehead atoms. The molecule has 142 valence electrons. The smallest absolute Gasteiger partial charge is 0.164 e. The summed E-state index contributed by atoms with van der Waals surface area (Å²) < 4.78 is 24.4. The van der Waals surface area contributed by atoms with Gasteiger partial charge in [0.2, 0.25) is 0 Å². The van der Waals surface area contributed by atoms with Crippen molar-refractivity contribution in [3.8, 4) is 0 Å². The Hall–Kier alpha value is -1.50. The first kappa shape index (κ1) is 18.8. The molecule has 2 aliphatic rings. The van der Waals surface area contributed by atoms with E-state index in [1.807, 2.05) is 24.3 Å². The Morgan fingerprint density at radius 1 is 1.19 bits per heavy atom. The van der Waals surface area contributed by atoms with Crippen molar-refractivity contribution in [1.82, 2.24) is 0 Å². The molecule has 1 saturated heterocycles. The summed E-state index contributed by atoms with van der Waals surface area (Å²) in [6.07, 6.45) is 0. The Labute approximate surface area is 169 Å². The average molecular weight is 421 g/mol. The summed E-state index contributed by atoms with van der Waals surface area (Å²) in [5, 5.41) is 1.62. The van der Waals surface area contributed by atoms with Crippen LogP contribution in [-0.2, 0) is 15.6 Å². The molecule has 0 N–H and O–H groups in total. The molecule has 1 fully saturated rings. The maximum absolute atomic E-state index is 12.2. The van der Waals surface area contributed by atoms with E-state index in [1.165, 1.54) is 0 Å². The molecule has 27 heavy (non-hydrogen) atoms. The standard InChI is InChI=1S/C20H21ClN2O2S2/c1-13-7-8-14(2)18(9-13)23-19-12-27(24,25)11-17(19)22-20(23)26-10-15-5-3-4-6-16(15)21/h3-9,17,19H,10-12H2,1-2H3/t17-,19+/m0/s1. The number of thioether (sulfide) groups is 1. The highest BCUT2D eigenvalue weighted by Gasteiger charge is 2.47. The second-order valence-electron chi connectivity index (χ2n) is 7.16. The summed E-state index contributed by atoms with van der Waals surface area (Å²) in [6.45, 7) is 4.11. The summed E-state index contributed by atoms with van der Waals surface area (Å²) in [5.41, 5.74) is 4.37. The maximum Gasteiger partial charge on any atom is 0.164 e. The van der Waals surface area contributed by atoms with E-state index in [1.54, 1.807) is 11.8 Å². The number of aryl methyl sites for hydroxylation is 2. The molecule has 0 unspecified atom stereocenters. The van der Waals surface area contributed by atoms with E-state index < -0.39 is 9.84 Å². The topological polar surface area (TPSA) is 49.7 Å². The fourth-order valence-electron chi connectivity index (χ4n) is 3.65. The van der Waals surface area contributed by atoms with Crippen LogP contribution < -0.4 is 4.90 Å². The SMILES string of the molecule is Cc1ccc(C)c(N2C(SCc3ccccc3Cl)=N[C@H]3CS(=O)(=O)C[C@H]32)c1. The summed E-state index contributed by atoms with van der Waals surface area (Å²) in [4.78, 5) is 6.94. The van der Waals surface area contributed by atoms with Crippen LogP contribution in [0.3, 0.4) is 0 Å². The van der Waals surface area contributed by atoms with Gasteiger partial charge in [-0.25, -0.2) is 8.42 Å². The van der Waals surface area contributed by atoms with Gasteiger partial charge in [0.1, 0.15) is 0 Å². The molecule has 0 spiro atoms. The monoisotopic (exact) mass is 420 g/mol. The molecule has 7 heteroatoms. The number of nitrogens with zero attached hydrogens (tertiary/aromatic N) is 2. The maximum atomic E-state index is 12.2. The van der Waals surface area contributed by atoms with Crippen molar-refractivity contribution in [2.75, 3.05) is 16.4 Å². The molecule has 2 aromatic carbocycles. The zero-order chi connectivity index (χ0) is 19.2. The number of aliphatic imine (C=N–C) groups is 1. The molecule has 2 aromatic rings. The summed E-state index contributed by atoms with van der Waals surface area (Å²) in [6, 6.07) is 13.8. The van der Waals surface area contributed by atoms with Crippen LogP contribution in [0, 0.1) is 13.8 Å². The minimum atomic E-state index is -3.05. The minimum Gasteiger partial charge on any atom is -0.315 e. The van der Waals surface area contributed by atoms with Crippen LogP contribution in [0.25, 0.3) is 0 Å². The first-order chi connectivity index (χ1) is 12.8. The fourth-order valence-corrected chi connectivity index (χ4v) is 6.90. The van der Waals surface area contributed by atoms with Crippen molar-refractivity contribution < 1.29 is 8.42 Å². The zero-order valence-electron chi connectivity index (χ0n) is 15.2. The van der Waals surface area contributed by atoms with Crippen molar-refractivity contribution in [2.45, 2.75) is 31.7 Å². The highest BCUT2D eigenvalue weighted by molar-refractivity contribution is 8.13. The Morgan fingerprint density at radius 2 is 1.96 bits per heavy atom. The molecule has 0 amide bonds. The van der Waals surface area contributed by atoms with Gasteiger partial charge in [-0.2, -0.15) is 0 Å². The third kappa shape index (κ3) is 3.75. The molecule has 2 atom stereocenters. The first-order valence-corrected chi connectivity index (χ1v) is 12.0. The number of anilines is 1. The molecule has 0 saturated carbocycles. The van der Waals surface area contributed by atoms with Crippen LogP contribution in [0.5, 0.6) is 0 Å². The van der Waals surface area contributed by atoms with E-state index in [0.717, 1.165) is 32.6 Å². The van der Waals surface area contributed by atoms with Crippen LogP contribution >= 0.6 is 23.4 Å². The number of fused-ring (bicyclic) bond motifs is 1. The summed E-state index contributed by atoms with van der Waals surface area (Å²) in [5.74, 6) is 0.992. The molecule has 4 nitrogen and oxygen atoms in total. The number of amidine groups is 1. The van der Waals surface area contributed by atoms with Crippen LogP contribution in [0.2, 0.25) is 5.02 Å². The van der Waals surface area contributed by atoms with Gasteiger partial charge in [0, 0.05) is 16.5 Å². The van der Waals surface area contributed by atoms with Crippen LogP contribution in [0.4, 0.5) is 5.69 Å². The number of hydrogen-bond donors (Lipinski definition) is 0. The molecule has 0 aliphatic carbocycles. The highest BCUT2D eigenvalue weighted by Crippen LogP contribution is 2.38. The third-order valence-electron chi connectivity index (χ3n) is 5.05. The van der Waals surface area contributed by atoms with Gasteiger partial charge in [0.25, 0.3) is 0 Å². The Kier molecular flexibility index (Phi) is 4.99. The van der Waals surface area contributed by atoms with Gasteiger partial charge in [-0.1, -0.05) is 53.7 Å². The number of sulfone groups is 1. The van der Waals surface area contributed by atoms with Crippen molar-refractivity contribution in [2.24, 2.45) is 4.99 Å². The van der Waals surface area contributed by atoms with Gasteiger partial charge in [0.15, 0.2) is 15.0 Å². The van der Waals surface area contributed by atoms with Crippen molar-refractivity contribution in [3.63, 3.8) is 0 Å². The van der Waals surface area contributed by atoms with Crippen LogP contribution in [-0.4, -0.2) is 37.2 Å². The van der Waals surface area contributed by atoms with E-state index in [0.29, 0.717) is 5.75 Å². The highest BCUT2D eigenvalue weighted by atomic mass is 35.5. The Morgan fingerprint density at radius 3 is 2.74 bits per heavy atom. The largest absolute Gasteiger partial charge is 0.315 e. The number of halogens is 1. The van der Waals surface area contributed by atoms with Crippen LogP contribution in [0.1, 0.15) is 16.7 Å². The molecule has 2 aliphatic heterocycles.